The van der Waals surface area contributed by atoms with Gasteiger partial charge >= 0.3 is 0 Å². The predicted octanol–water partition coefficient (Wildman–Crippen LogP) is 3.36. The molecular formula is C19H24ClN3O4S. The van der Waals surface area contributed by atoms with E-state index in [4.69, 9.17) is 16.0 Å². The molecule has 2 heterocycles. The Balaban J connectivity index is 1.76. The maximum atomic E-state index is 13.1. The van der Waals surface area contributed by atoms with Gasteiger partial charge in [0.25, 0.3) is 0 Å². The van der Waals surface area contributed by atoms with Gasteiger partial charge in [0.15, 0.2) is 0 Å². The number of hydrogen-bond acceptors (Lipinski definition) is 5. The second-order valence-electron chi connectivity index (χ2n) is 6.93. The van der Waals surface area contributed by atoms with Crippen LogP contribution in [0.5, 0.6) is 0 Å². The molecule has 0 saturated heterocycles. The summed E-state index contributed by atoms with van der Waals surface area (Å²) < 4.78 is 32.5. The Morgan fingerprint density at radius 1 is 1.21 bits per heavy atom. The average molecular weight is 426 g/mol. The first kappa shape index (κ1) is 20.8. The quantitative estimate of drug-likeness (QED) is 0.542. The summed E-state index contributed by atoms with van der Waals surface area (Å²) in [4.78, 5) is 16.4. The number of aromatic nitrogens is 1. The van der Waals surface area contributed by atoms with Crippen molar-refractivity contribution in [2.75, 3.05) is 6.54 Å². The molecule has 0 atom stereocenters. The van der Waals surface area contributed by atoms with Crippen molar-refractivity contribution in [2.45, 2.75) is 56.0 Å². The van der Waals surface area contributed by atoms with Crippen LogP contribution in [0.15, 0.2) is 46.0 Å². The van der Waals surface area contributed by atoms with E-state index in [0.29, 0.717) is 5.76 Å². The summed E-state index contributed by atoms with van der Waals surface area (Å²) >= 11 is 5.76. The SMILES string of the molecule is O=C(CN(Cc1ccco1)S(=O)(=O)c1ccc(Cl)nc1)NC1CCCCCC1. The normalized spacial score (nSPS) is 16.1. The fourth-order valence-electron chi connectivity index (χ4n) is 3.32. The number of nitrogens with one attached hydrogen (secondary N) is 1. The molecule has 3 rings (SSSR count). The highest BCUT2D eigenvalue weighted by atomic mass is 35.5. The van der Waals surface area contributed by atoms with Crippen LogP contribution in [0.1, 0.15) is 44.3 Å². The number of furan rings is 1. The van der Waals surface area contributed by atoms with Crippen LogP contribution in [0.3, 0.4) is 0 Å². The second-order valence-corrected chi connectivity index (χ2v) is 9.25. The summed E-state index contributed by atoms with van der Waals surface area (Å²) in [6.45, 7) is -0.335. The van der Waals surface area contributed by atoms with Gasteiger partial charge in [0, 0.05) is 12.2 Å². The Bertz CT molecular complexity index is 861. The molecule has 1 N–H and O–H groups in total. The number of rotatable bonds is 7. The Hall–Kier alpha value is -1.90. The molecule has 7 nitrogen and oxygen atoms in total. The third-order valence-electron chi connectivity index (χ3n) is 4.79. The number of nitrogens with zero attached hydrogens (tertiary/aromatic N) is 2. The molecule has 152 valence electrons. The van der Waals surface area contributed by atoms with Crippen LogP contribution in [-0.2, 0) is 21.4 Å². The van der Waals surface area contributed by atoms with E-state index in [-0.39, 0.29) is 35.1 Å². The van der Waals surface area contributed by atoms with E-state index in [1.165, 1.54) is 37.4 Å². The first-order chi connectivity index (χ1) is 13.4. The van der Waals surface area contributed by atoms with E-state index < -0.39 is 10.0 Å². The minimum Gasteiger partial charge on any atom is -0.468 e. The summed E-state index contributed by atoms with van der Waals surface area (Å²) in [6.07, 6.45) is 9.02. The maximum absolute atomic E-state index is 13.1. The molecule has 0 aliphatic heterocycles. The van der Waals surface area contributed by atoms with Crippen molar-refractivity contribution in [3.8, 4) is 0 Å². The minimum absolute atomic E-state index is 0.0225. The number of carbonyl (C=O) groups excluding carboxylic acids is 1. The molecule has 0 radical (unpaired) electrons. The first-order valence-electron chi connectivity index (χ1n) is 9.38. The number of pyridine rings is 1. The summed E-state index contributed by atoms with van der Waals surface area (Å²) in [5, 5.41) is 3.19. The maximum Gasteiger partial charge on any atom is 0.245 e. The molecule has 0 bridgehead atoms. The van der Waals surface area contributed by atoms with Crippen molar-refractivity contribution < 1.29 is 17.6 Å². The Morgan fingerprint density at radius 3 is 2.57 bits per heavy atom. The topological polar surface area (TPSA) is 92.5 Å². The molecule has 28 heavy (non-hydrogen) atoms. The van der Waals surface area contributed by atoms with Gasteiger partial charge in [0.2, 0.25) is 15.9 Å². The van der Waals surface area contributed by atoms with Gasteiger partial charge in [0.05, 0.1) is 19.4 Å². The molecule has 0 aromatic carbocycles. The summed E-state index contributed by atoms with van der Waals surface area (Å²) in [5.41, 5.74) is 0. The fraction of sp³-hybridized carbons (Fsp3) is 0.474. The monoisotopic (exact) mass is 425 g/mol. The highest BCUT2D eigenvalue weighted by Crippen LogP contribution is 2.20. The highest BCUT2D eigenvalue weighted by molar-refractivity contribution is 7.89. The van der Waals surface area contributed by atoms with Crippen LogP contribution in [-0.4, -0.2) is 36.2 Å². The molecular weight excluding hydrogens is 402 g/mol. The second kappa shape index (κ2) is 9.54. The minimum atomic E-state index is -3.95. The molecule has 9 heteroatoms. The molecule has 1 fully saturated rings. The zero-order valence-corrected chi connectivity index (χ0v) is 17.1. The Labute approximate surface area is 170 Å². The molecule has 1 aliphatic carbocycles. The Kier molecular flexibility index (Phi) is 7.09. The lowest BCUT2D eigenvalue weighted by atomic mass is 10.1. The summed E-state index contributed by atoms with van der Waals surface area (Å²) in [6, 6.07) is 6.23. The van der Waals surface area contributed by atoms with Crippen molar-refractivity contribution in [1.82, 2.24) is 14.6 Å². The van der Waals surface area contributed by atoms with Crippen LogP contribution in [0, 0.1) is 0 Å². The smallest absolute Gasteiger partial charge is 0.245 e. The molecule has 1 amide bonds. The Morgan fingerprint density at radius 2 is 1.96 bits per heavy atom. The number of carbonyl (C=O) groups is 1. The lowest BCUT2D eigenvalue weighted by Crippen LogP contribution is -2.43. The molecule has 1 saturated carbocycles. The van der Waals surface area contributed by atoms with Crippen LogP contribution in [0.25, 0.3) is 0 Å². The van der Waals surface area contributed by atoms with E-state index in [1.54, 1.807) is 12.1 Å². The number of halogens is 1. The van der Waals surface area contributed by atoms with E-state index in [9.17, 15) is 13.2 Å². The van der Waals surface area contributed by atoms with Gasteiger partial charge in [-0.25, -0.2) is 13.4 Å². The zero-order valence-electron chi connectivity index (χ0n) is 15.5. The molecule has 0 spiro atoms. The lowest BCUT2D eigenvalue weighted by molar-refractivity contribution is -0.122. The number of amides is 1. The van der Waals surface area contributed by atoms with E-state index in [1.807, 2.05) is 0 Å². The molecule has 2 aromatic rings. The third-order valence-corrected chi connectivity index (χ3v) is 6.79. The van der Waals surface area contributed by atoms with Crippen molar-refractivity contribution >= 4 is 27.5 Å². The average Bonchev–Trinajstić information content (AvgIpc) is 3.04. The predicted molar refractivity (Wildman–Crippen MR) is 105 cm³/mol. The van der Waals surface area contributed by atoms with E-state index in [0.717, 1.165) is 30.0 Å². The largest absolute Gasteiger partial charge is 0.468 e. The van der Waals surface area contributed by atoms with Crippen molar-refractivity contribution in [1.29, 1.82) is 0 Å². The lowest BCUT2D eigenvalue weighted by Gasteiger charge is -2.23. The van der Waals surface area contributed by atoms with E-state index >= 15 is 0 Å². The zero-order chi connectivity index (χ0) is 20.0. The standard InChI is InChI=1S/C19H24ClN3O4S/c20-18-10-9-17(12-21-18)28(25,26)23(13-16-8-5-11-27-16)14-19(24)22-15-6-3-1-2-4-7-15/h5,8-12,15H,1-4,6-7,13-14H2,(H,22,24). The summed E-state index contributed by atoms with van der Waals surface area (Å²) in [7, 11) is -3.95. The van der Waals surface area contributed by atoms with Gasteiger partial charge in [-0.15, -0.1) is 0 Å². The van der Waals surface area contributed by atoms with Crippen molar-refractivity contribution in [2.24, 2.45) is 0 Å². The number of sulfonamides is 1. The van der Waals surface area contributed by atoms with Crippen LogP contribution in [0.2, 0.25) is 5.15 Å². The van der Waals surface area contributed by atoms with Gasteiger partial charge in [-0.05, 0) is 37.1 Å². The highest BCUT2D eigenvalue weighted by Gasteiger charge is 2.29. The van der Waals surface area contributed by atoms with Crippen molar-refractivity contribution in [3.63, 3.8) is 0 Å². The summed E-state index contributed by atoms with van der Waals surface area (Å²) in [5.74, 6) is 0.136. The van der Waals surface area contributed by atoms with Crippen LogP contribution in [0.4, 0.5) is 0 Å². The van der Waals surface area contributed by atoms with Gasteiger partial charge in [0.1, 0.15) is 15.8 Å². The third kappa shape index (κ3) is 5.56. The van der Waals surface area contributed by atoms with Crippen molar-refractivity contribution in [3.05, 3.63) is 47.6 Å². The van der Waals surface area contributed by atoms with Crippen LogP contribution < -0.4 is 5.32 Å². The van der Waals surface area contributed by atoms with E-state index in [2.05, 4.69) is 10.3 Å². The van der Waals surface area contributed by atoms with Gasteiger partial charge < -0.3 is 9.73 Å². The van der Waals surface area contributed by atoms with Gasteiger partial charge in [-0.3, -0.25) is 4.79 Å². The van der Waals surface area contributed by atoms with Gasteiger partial charge in [-0.2, -0.15) is 4.31 Å². The number of hydrogen-bond donors (Lipinski definition) is 1. The first-order valence-corrected chi connectivity index (χ1v) is 11.2. The molecule has 2 aromatic heterocycles. The van der Waals surface area contributed by atoms with Gasteiger partial charge in [-0.1, -0.05) is 37.3 Å². The molecule has 0 unspecified atom stereocenters. The van der Waals surface area contributed by atoms with Crippen LogP contribution >= 0.6 is 11.6 Å². The molecule has 1 aliphatic rings. The fourth-order valence-corrected chi connectivity index (χ4v) is 4.74.